The first-order valence-electron chi connectivity index (χ1n) is 9.66. The van der Waals surface area contributed by atoms with Crippen LogP contribution in [-0.4, -0.2) is 56.0 Å². The van der Waals surface area contributed by atoms with Gasteiger partial charge in [0.15, 0.2) is 12.6 Å². The molecule has 26 heavy (non-hydrogen) atoms. The lowest BCUT2D eigenvalue weighted by atomic mass is 9.95. The summed E-state index contributed by atoms with van der Waals surface area (Å²) in [6.07, 6.45) is 2.16. The maximum atomic E-state index is 10.9. The van der Waals surface area contributed by atoms with Crippen LogP contribution in [0.25, 0.3) is 0 Å². The van der Waals surface area contributed by atoms with Crippen LogP contribution in [0, 0.1) is 0 Å². The predicted molar refractivity (Wildman–Crippen MR) is 97.6 cm³/mol. The van der Waals surface area contributed by atoms with Gasteiger partial charge in [-0.2, -0.15) is 0 Å². The summed E-state index contributed by atoms with van der Waals surface area (Å²) in [4.78, 5) is 0. The zero-order valence-corrected chi connectivity index (χ0v) is 15.7. The first-order valence-corrected chi connectivity index (χ1v) is 9.66. The molecule has 2 fully saturated rings. The third kappa shape index (κ3) is 4.63. The van der Waals surface area contributed by atoms with E-state index in [-0.39, 0.29) is 12.1 Å². The lowest BCUT2D eigenvalue weighted by molar-refractivity contribution is -0.341. The largest absolute Gasteiger partial charge is 0.388 e. The van der Waals surface area contributed by atoms with Gasteiger partial charge in [0.2, 0.25) is 0 Å². The molecule has 1 aromatic carbocycles. The fourth-order valence-electron chi connectivity index (χ4n) is 3.61. The van der Waals surface area contributed by atoms with Crippen LogP contribution in [0.3, 0.4) is 0 Å². The first kappa shape index (κ1) is 19.7. The van der Waals surface area contributed by atoms with Crippen LogP contribution in [0.5, 0.6) is 0 Å². The van der Waals surface area contributed by atoms with E-state index in [1.54, 1.807) is 7.11 Å². The number of rotatable bonds is 8. The zero-order chi connectivity index (χ0) is 18.4. The standard InChI is InChI=1S/C20H31NO5/c1-3-4-5-9-12-21-16-17(22)18-15(25-20(16)23-2)13-24-19(26-18)14-10-7-6-8-11-14/h6-8,10-11,15-22H,3-5,9,12-13H2,1-2H3/t15-,16-,17+,18-,19-,20+/m1/s1. The van der Waals surface area contributed by atoms with Gasteiger partial charge in [-0.1, -0.05) is 56.5 Å². The molecule has 2 aliphatic rings. The highest BCUT2D eigenvalue weighted by atomic mass is 16.7. The first-order chi connectivity index (χ1) is 12.7. The van der Waals surface area contributed by atoms with Gasteiger partial charge in [-0.05, 0) is 13.0 Å². The molecule has 2 aliphatic heterocycles. The van der Waals surface area contributed by atoms with Crippen molar-refractivity contribution >= 4 is 0 Å². The molecule has 0 saturated carbocycles. The van der Waals surface area contributed by atoms with E-state index in [9.17, 15) is 5.11 Å². The Bertz CT molecular complexity index is 528. The highest BCUT2D eigenvalue weighted by Crippen LogP contribution is 2.34. The van der Waals surface area contributed by atoms with Gasteiger partial charge >= 0.3 is 0 Å². The van der Waals surface area contributed by atoms with Crippen molar-refractivity contribution in [3.8, 4) is 0 Å². The summed E-state index contributed by atoms with van der Waals surface area (Å²) >= 11 is 0. The lowest BCUT2D eigenvalue weighted by Crippen LogP contribution is -2.66. The summed E-state index contributed by atoms with van der Waals surface area (Å²) in [5.41, 5.74) is 0.941. The summed E-state index contributed by atoms with van der Waals surface area (Å²) in [7, 11) is 1.60. The van der Waals surface area contributed by atoms with E-state index in [1.165, 1.54) is 19.3 Å². The number of aliphatic hydroxyl groups excluding tert-OH is 1. The van der Waals surface area contributed by atoms with Gasteiger partial charge in [-0.3, -0.25) is 0 Å². The molecule has 6 heteroatoms. The minimum atomic E-state index is -0.722. The van der Waals surface area contributed by atoms with Crippen molar-refractivity contribution in [2.75, 3.05) is 20.3 Å². The molecule has 6 nitrogen and oxygen atoms in total. The molecule has 2 saturated heterocycles. The van der Waals surface area contributed by atoms with Crippen molar-refractivity contribution < 1.29 is 24.1 Å². The number of nitrogens with one attached hydrogen (secondary N) is 1. The van der Waals surface area contributed by atoms with Crippen molar-refractivity contribution in [2.45, 2.75) is 69.5 Å². The van der Waals surface area contributed by atoms with Crippen molar-refractivity contribution in [3.05, 3.63) is 35.9 Å². The SMILES string of the molecule is CCCCCCN[C@H]1[C@@H](OC)O[C@@H]2CO[C@@H](c3ccccc3)O[C@H]2[C@H]1O. The molecular weight excluding hydrogens is 334 g/mol. The fourth-order valence-corrected chi connectivity index (χ4v) is 3.61. The monoisotopic (exact) mass is 365 g/mol. The minimum Gasteiger partial charge on any atom is -0.388 e. The summed E-state index contributed by atoms with van der Waals surface area (Å²) in [6, 6.07) is 9.45. The summed E-state index contributed by atoms with van der Waals surface area (Å²) in [5, 5.41) is 14.3. The van der Waals surface area contributed by atoms with E-state index >= 15 is 0 Å². The lowest BCUT2D eigenvalue weighted by Gasteiger charge is -2.47. The summed E-state index contributed by atoms with van der Waals surface area (Å²) < 4.78 is 23.3. The van der Waals surface area contributed by atoms with Crippen LogP contribution in [0.2, 0.25) is 0 Å². The molecule has 2 N–H and O–H groups in total. The molecule has 0 aromatic heterocycles. The van der Waals surface area contributed by atoms with Crippen LogP contribution >= 0.6 is 0 Å². The molecule has 2 heterocycles. The number of benzene rings is 1. The van der Waals surface area contributed by atoms with Crippen molar-refractivity contribution in [3.63, 3.8) is 0 Å². The second kappa shape index (κ2) is 9.78. The molecule has 1 aromatic rings. The fraction of sp³-hybridized carbons (Fsp3) is 0.700. The molecule has 0 amide bonds. The quantitative estimate of drug-likeness (QED) is 0.690. The van der Waals surface area contributed by atoms with Gasteiger partial charge < -0.3 is 29.4 Å². The van der Waals surface area contributed by atoms with E-state index in [0.29, 0.717) is 6.61 Å². The van der Waals surface area contributed by atoms with Crippen molar-refractivity contribution in [2.24, 2.45) is 0 Å². The van der Waals surface area contributed by atoms with Crippen LogP contribution in [0.4, 0.5) is 0 Å². The molecule has 0 bridgehead atoms. The predicted octanol–water partition coefficient (Wildman–Crippen LogP) is 2.37. The van der Waals surface area contributed by atoms with Crippen LogP contribution in [-0.2, 0) is 18.9 Å². The maximum absolute atomic E-state index is 10.9. The van der Waals surface area contributed by atoms with E-state index in [4.69, 9.17) is 18.9 Å². The van der Waals surface area contributed by atoms with Crippen molar-refractivity contribution in [1.82, 2.24) is 5.32 Å². The van der Waals surface area contributed by atoms with E-state index < -0.39 is 24.8 Å². The molecule has 3 rings (SSSR count). The molecular formula is C20H31NO5. The molecule has 6 atom stereocenters. The van der Waals surface area contributed by atoms with Crippen LogP contribution in [0.1, 0.15) is 44.5 Å². The second-order valence-corrected chi connectivity index (χ2v) is 6.99. The summed E-state index contributed by atoms with van der Waals surface area (Å²) in [6.45, 7) is 3.38. The number of fused-ring (bicyclic) bond motifs is 1. The number of hydrogen-bond acceptors (Lipinski definition) is 6. The van der Waals surface area contributed by atoms with Gasteiger partial charge in [0.1, 0.15) is 18.3 Å². The topological polar surface area (TPSA) is 69.2 Å². The summed E-state index contributed by atoms with van der Waals surface area (Å²) in [5.74, 6) is 0. The molecule has 146 valence electrons. The molecule has 0 unspecified atom stereocenters. The van der Waals surface area contributed by atoms with E-state index in [2.05, 4.69) is 12.2 Å². The van der Waals surface area contributed by atoms with Gasteiger partial charge in [0, 0.05) is 12.7 Å². The van der Waals surface area contributed by atoms with E-state index in [1.807, 2.05) is 30.3 Å². The average molecular weight is 365 g/mol. The number of aliphatic hydroxyl groups is 1. The molecule has 0 spiro atoms. The van der Waals surface area contributed by atoms with Gasteiger partial charge in [-0.15, -0.1) is 0 Å². The Balaban J connectivity index is 1.61. The number of methoxy groups -OCH3 is 1. The molecule has 0 aliphatic carbocycles. The van der Waals surface area contributed by atoms with Gasteiger partial charge in [0.05, 0.1) is 12.6 Å². The highest BCUT2D eigenvalue weighted by Gasteiger charge is 2.49. The minimum absolute atomic E-state index is 0.322. The average Bonchev–Trinajstić information content (AvgIpc) is 2.69. The third-order valence-corrected chi connectivity index (χ3v) is 5.08. The highest BCUT2D eigenvalue weighted by molar-refractivity contribution is 5.16. The van der Waals surface area contributed by atoms with Crippen molar-refractivity contribution in [1.29, 1.82) is 0 Å². The maximum Gasteiger partial charge on any atom is 0.184 e. The Kier molecular flexibility index (Phi) is 7.42. The van der Waals surface area contributed by atoms with Crippen LogP contribution in [0.15, 0.2) is 30.3 Å². The third-order valence-electron chi connectivity index (χ3n) is 5.08. The Hall–Kier alpha value is -1.02. The number of unbranched alkanes of at least 4 members (excludes halogenated alkanes) is 3. The van der Waals surface area contributed by atoms with E-state index in [0.717, 1.165) is 18.5 Å². The van der Waals surface area contributed by atoms with Gasteiger partial charge in [0.25, 0.3) is 0 Å². The second-order valence-electron chi connectivity index (χ2n) is 6.99. The Labute approximate surface area is 155 Å². The normalized spacial score (nSPS) is 34.4. The Morgan fingerprint density at radius 3 is 2.69 bits per heavy atom. The van der Waals surface area contributed by atoms with Gasteiger partial charge in [-0.25, -0.2) is 0 Å². The van der Waals surface area contributed by atoms with Crippen LogP contribution < -0.4 is 5.32 Å². The smallest absolute Gasteiger partial charge is 0.184 e. The zero-order valence-electron chi connectivity index (χ0n) is 15.7. The molecule has 0 radical (unpaired) electrons. The number of hydrogen-bond donors (Lipinski definition) is 2. The number of ether oxygens (including phenoxy) is 4. The Morgan fingerprint density at radius 2 is 1.96 bits per heavy atom. The Morgan fingerprint density at radius 1 is 1.15 bits per heavy atom.